The third-order valence-corrected chi connectivity index (χ3v) is 3.97. The second-order valence-corrected chi connectivity index (χ2v) is 6.22. The van der Waals surface area contributed by atoms with Gasteiger partial charge in [-0.25, -0.2) is 0 Å². The molecule has 5 heteroatoms. The summed E-state index contributed by atoms with van der Waals surface area (Å²) >= 11 is 3.55. The summed E-state index contributed by atoms with van der Waals surface area (Å²) in [7, 11) is 1.66. The molecule has 1 N–H and O–H groups in total. The highest BCUT2D eigenvalue weighted by molar-refractivity contribution is 9.10. The monoisotopic (exact) mass is 357 g/mol. The lowest BCUT2D eigenvalue weighted by Crippen LogP contribution is -2.14. The fourth-order valence-corrected chi connectivity index (χ4v) is 2.63. The molecule has 1 fully saturated rings. The minimum atomic E-state index is 0.263. The molecule has 0 unspecified atom stereocenters. The lowest BCUT2D eigenvalue weighted by Gasteiger charge is -2.14. The summed E-state index contributed by atoms with van der Waals surface area (Å²) < 4.78 is 17.5. The second-order valence-electron chi connectivity index (χ2n) is 5.36. The van der Waals surface area contributed by atoms with E-state index in [1.54, 1.807) is 7.11 Å². The van der Waals surface area contributed by atoms with Gasteiger partial charge >= 0.3 is 0 Å². The highest BCUT2D eigenvalue weighted by Crippen LogP contribution is 2.37. The van der Waals surface area contributed by atoms with Crippen LogP contribution >= 0.6 is 15.9 Å². The molecule has 1 aliphatic carbocycles. The van der Waals surface area contributed by atoms with Crippen LogP contribution in [0.15, 0.2) is 16.6 Å². The number of ether oxygens (including phenoxy) is 3. The van der Waals surface area contributed by atoms with E-state index in [2.05, 4.69) is 34.2 Å². The Morgan fingerprint density at radius 2 is 2.14 bits per heavy atom. The highest BCUT2D eigenvalue weighted by Gasteiger charge is 2.21. The number of halogens is 1. The number of hydrogen-bond acceptors (Lipinski definition) is 4. The fraction of sp³-hybridized carbons (Fsp3) is 0.625. The smallest absolute Gasteiger partial charge is 0.189 e. The summed E-state index contributed by atoms with van der Waals surface area (Å²) in [5.41, 5.74) is 1.17. The normalized spacial score (nSPS) is 14.2. The lowest BCUT2D eigenvalue weighted by molar-refractivity contribution is 0.00821. The molecule has 0 atom stereocenters. The molecule has 21 heavy (non-hydrogen) atoms. The van der Waals surface area contributed by atoms with Gasteiger partial charge in [0, 0.05) is 6.54 Å². The molecule has 0 bridgehead atoms. The Morgan fingerprint density at radius 3 is 2.81 bits per heavy atom. The first-order valence-electron chi connectivity index (χ1n) is 7.52. The predicted octanol–water partition coefficient (Wildman–Crippen LogP) is 3.72. The maximum absolute atomic E-state index is 5.70. The van der Waals surface area contributed by atoms with E-state index in [0.717, 1.165) is 42.3 Å². The van der Waals surface area contributed by atoms with Crippen molar-refractivity contribution in [2.45, 2.75) is 32.7 Å². The van der Waals surface area contributed by atoms with Crippen molar-refractivity contribution >= 4 is 15.9 Å². The van der Waals surface area contributed by atoms with Crippen LogP contribution in [0.3, 0.4) is 0 Å². The van der Waals surface area contributed by atoms with Gasteiger partial charge in [0.15, 0.2) is 18.3 Å². The van der Waals surface area contributed by atoms with Crippen LogP contribution in [0.2, 0.25) is 0 Å². The van der Waals surface area contributed by atoms with Crippen molar-refractivity contribution in [3.05, 3.63) is 22.2 Å². The lowest BCUT2D eigenvalue weighted by atomic mass is 10.2. The van der Waals surface area contributed by atoms with E-state index in [4.69, 9.17) is 14.2 Å². The summed E-state index contributed by atoms with van der Waals surface area (Å²) in [5, 5.41) is 3.38. The highest BCUT2D eigenvalue weighted by atomic mass is 79.9. The number of hydrogen-bond donors (Lipinski definition) is 1. The Balaban J connectivity index is 1.91. The van der Waals surface area contributed by atoms with Gasteiger partial charge in [0.25, 0.3) is 0 Å². The Morgan fingerprint density at radius 1 is 1.33 bits per heavy atom. The SMILES string of the molecule is CCCNCc1cc(Br)c(OCOCC2CC2)c(OC)c1. The van der Waals surface area contributed by atoms with Crippen molar-refractivity contribution in [3.63, 3.8) is 0 Å². The maximum Gasteiger partial charge on any atom is 0.189 e. The molecule has 0 saturated heterocycles. The van der Waals surface area contributed by atoms with E-state index in [-0.39, 0.29) is 6.79 Å². The molecular formula is C16H24BrNO3. The Hall–Kier alpha value is -0.780. The topological polar surface area (TPSA) is 39.7 Å². The van der Waals surface area contributed by atoms with Crippen LogP contribution in [0.4, 0.5) is 0 Å². The largest absolute Gasteiger partial charge is 0.493 e. The van der Waals surface area contributed by atoms with E-state index in [0.29, 0.717) is 5.75 Å². The van der Waals surface area contributed by atoms with Crippen LogP contribution in [0.25, 0.3) is 0 Å². The first-order valence-corrected chi connectivity index (χ1v) is 8.31. The third-order valence-electron chi connectivity index (χ3n) is 3.38. The zero-order valence-corrected chi connectivity index (χ0v) is 14.4. The van der Waals surface area contributed by atoms with Crippen molar-refractivity contribution in [1.29, 1.82) is 0 Å². The number of methoxy groups -OCH3 is 1. The molecule has 118 valence electrons. The van der Waals surface area contributed by atoms with Gasteiger partial charge in [0.1, 0.15) is 0 Å². The molecule has 0 radical (unpaired) electrons. The van der Waals surface area contributed by atoms with Crippen molar-refractivity contribution < 1.29 is 14.2 Å². The van der Waals surface area contributed by atoms with Crippen LogP contribution in [0.5, 0.6) is 11.5 Å². The second kappa shape index (κ2) is 8.61. The van der Waals surface area contributed by atoms with Gasteiger partial charge in [-0.1, -0.05) is 6.92 Å². The third kappa shape index (κ3) is 5.49. The fourth-order valence-electron chi connectivity index (χ4n) is 2.02. The summed E-state index contributed by atoms with van der Waals surface area (Å²) in [6.07, 6.45) is 3.69. The van der Waals surface area contributed by atoms with Gasteiger partial charge in [0.2, 0.25) is 0 Å². The van der Waals surface area contributed by atoms with E-state index >= 15 is 0 Å². The molecule has 0 aromatic heterocycles. The van der Waals surface area contributed by atoms with Crippen LogP contribution in [0.1, 0.15) is 31.7 Å². The molecule has 1 saturated carbocycles. The van der Waals surface area contributed by atoms with Crippen LogP contribution in [0, 0.1) is 5.92 Å². The van der Waals surface area contributed by atoms with Gasteiger partial charge < -0.3 is 19.5 Å². The van der Waals surface area contributed by atoms with Gasteiger partial charge in [0.05, 0.1) is 18.2 Å². The van der Waals surface area contributed by atoms with Crippen LogP contribution < -0.4 is 14.8 Å². The van der Waals surface area contributed by atoms with Crippen molar-refractivity contribution in [2.24, 2.45) is 5.92 Å². The summed E-state index contributed by atoms with van der Waals surface area (Å²) in [4.78, 5) is 0. The Kier molecular flexibility index (Phi) is 6.80. The predicted molar refractivity (Wildman–Crippen MR) is 86.9 cm³/mol. The van der Waals surface area contributed by atoms with Crippen molar-refractivity contribution in [2.75, 3.05) is 27.1 Å². The van der Waals surface area contributed by atoms with Crippen molar-refractivity contribution in [3.8, 4) is 11.5 Å². The first-order chi connectivity index (χ1) is 10.2. The zero-order valence-electron chi connectivity index (χ0n) is 12.8. The summed E-state index contributed by atoms with van der Waals surface area (Å²) in [6.45, 7) is 5.04. The number of rotatable bonds is 10. The van der Waals surface area contributed by atoms with Gasteiger partial charge in [-0.2, -0.15) is 0 Å². The van der Waals surface area contributed by atoms with E-state index in [1.807, 2.05) is 6.07 Å². The standard InChI is InChI=1S/C16H24BrNO3/c1-3-6-18-9-13-7-14(17)16(15(8-13)19-2)21-11-20-10-12-4-5-12/h7-8,12,18H,3-6,9-11H2,1-2H3. The van der Waals surface area contributed by atoms with Crippen LogP contribution in [-0.2, 0) is 11.3 Å². The summed E-state index contributed by atoms with van der Waals surface area (Å²) in [6, 6.07) is 4.06. The molecule has 1 aromatic carbocycles. The molecule has 1 aromatic rings. The van der Waals surface area contributed by atoms with E-state index < -0.39 is 0 Å². The zero-order chi connectivity index (χ0) is 15.1. The number of nitrogens with one attached hydrogen (secondary N) is 1. The molecule has 0 spiro atoms. The maximum atomic E-state index is 5.70. The minimum absolute atomic E-state index is 0.263. The van der Waals surface area contributed by atoms with E-state index in [1.165, 1.54) is 18.4 Å². The quantitative estimate of drug-likeness (QED) is 0.511. The summed E-state index contributed by atoms with van der Waals surface area (Å²) in [5.74, 6) is 2.17. The van der Waals surface area contributed by atoms with Gasteiger partial charge in [-0.15, -0.1) is 0 Å². The average Bonchev–Trinajstić information content (AvgIpc) is 3.29. The molecule has 0 heterocycles. The molecule has 0 amide bonds. The molecular weight excluding hydrogens is 334 g/mol. The Labute approximate surface area is 135 Å². The Bertz CT molecular complexity index is 449. The molecule has 4 nitrogen and oxygen atoms in total. The van der Waals surface area contributed by atoms with Gasteiger partial charge in [-0.3, -0.25) is 0 Å². The van der Waals surface area contributed by atoms with Gasteiger partial charge in [-0.05, 0) is 65.4 Å². The minimum Gasteiger partial charge on any atom is -0.493 e. The van der Waals surface area contributed by atoms with E-state index in [9.17, 15) is 0 Å². The number of benzene rings is 1. The molecule has 0 aliphatic heterocycles. The average molecular weight is 358 g/mol. The first kappa shape index (κ1) is 16.6. The molecule has 1 aliphatic rings. The molecule has 2 rings (SSSR count). The van der Waals surface area contributed by atoms with Crippen molar-refractivity contribution in [1.82, 2.24) is 5.32 Å². The van der Waals surface area contributed by atoms with Crippen LogP contribution in [-0.4, -0.2) is 27.1 Å².